The van der Waals surface area contributed by atoms with Crippen molar-refractivity contribution >= 4 is 34.4 Å². The summed E-state index contributed by atoms with van der Waals surface area (Å²) in [7, 11) is -0.597. The lowest BCUT2D eigenvalue weighted by Crippen LogP contribution is -2.57. The van der Waals surface area contributed by atoms with Crippen LogP contribution in [0.15, 0.2) is 48.5 Å². The highest BCUT2D eigenvalue weighted by molar-refractivity contribution is 6.63. The van der Waals surface area contributed by atoms with Gasteiger partial charge in [0, 0.05) is 22.7 Å². The van der Waals surface area contributed by atoms with E-state index < -0.39 is 18.3 Å². The predicted molar refractivity (Wildman–Crippen MR) is 208 cm³/mol. The summed E-state index contributed by atoms with van der Waals surface area (Å²) in [5.41, 5.74) is 6.93. The number of nitrogens with zero attached hydrogens (tertiary/aromatic N) is 1. The highest BCUT2D eigenvalue weighted by Gasteiger charge is 2.61. The van der Waals surface area contributed by atoms with Gasteiger partial charge in [0.1, 0.15) is 11.4 Å². The molecule has 3 aliphatic heterocycles. The van der Waals surface area contributed by atoms with Crippen LogP contribution in [0.1, 0.15) is 139 Å². The van der Waals surface area contributed by atoms with Gasteiger partial charge in [-0.15, -0.1) is 0 Å². The summed E-state index contributed by atoms with van der Waals surface area (Å²) in [5.74, 6) is 0.791. The van der Waals surface area contributed by atoms with Crippen LogP contribution in [0.4, 0.5) is 0 Å². The molecule has 5 nitrogen and oxygen atoms in total. The van der Waals surface area contributed by atoms with E-state index in [1.54, 1.807) is 0 Å². The first-order chi connectivity index (χ1) is 23.0. The molecule has 0 saturated carbocycles. The van der Waals surface area contributed by atoms with E-state index in [0.717, 1.165) is 42.6 Å². The SMILES string of the molecule is CC(C)(C)CC(C)(C)c1cc2c(c(-n3c4cc(C(C)(C)C)ccc4c4ccc(C(C)(C)C)cc43)c1)OC1CCCC(O1)C1(C)OB2OC1(C)C. The molecule has 0 radical (unpaired) electrons. The Morgan fingerprint density at radius 2 is 1.30 bits per heavy atom. The largest absolute Gasteiger partial charge is 0.498 e. The molecule has 0 spiro atoms. The van der Waals surface area contributed by atoms with Gasteiger partial charge in [-0.05, 0) is 96.6 Å². The van der Waals surface area contributed by atoms with Gasteiger partial charge in [0.25, 0.3) is 0 Å². The normalized spacial score (nSPS) is 24.2. The van der Waals surface area contributed by atoms with Gasteiger partial charge in [-0.25, -0.2) is 0 Å². The Hall–Kier alpha value is -2.80. The van der Waals surface area contributed by atoms with Crippen LogP contribution in [0.3, 0.4) is 0 Å². The monoisotopic (exact) mass is 677 g/mol. The molecule has 3 aliphatic rings. The third-order valence-electron chi connectivity index (χ3n) is 11.9. The maximum Gasteiger partial charge on any atom is 0.498 e. The summed E-state index contributed by atoms with van der Waals surface area (Å²) in [6.45, 7) is 32.0. The number of ether oxygens (including phenoxy) is 2. The fourth-order valence-corrected chi connectivity index (χ4v) is 8.91. The van der Waals surface area contributed by atoms with Gasteiger partial charge in [0.2, 0.25) is 0 Å². The topological polar surface area (TPSA) is 41.9 Å². The van der Waals surface area contributed by atoms with Crippen molar-refractivity contribution in [2.75, 3.05) is 0 Å². The highest BCUT2D eigenvalue weighted by Crippen LogP contribution is 2.48. The molecule has 4 bridgehead atoms. The van der Waals surface area contributed by atoms with E-state index in [0.29, 0.717) is 0 Å². The summed E-state index contributed by atoms with van der Waals surface area (Å²) >= 11 is 0. The van der Waals surface area contributed by atoms with Gasteiger partial charge in [-0.2, -0.15) is 0 Å². The summed E-state index contributed by atoms with van der Waals surface area (Å²) < 4.78 is 30.5. The van der Waals surface area contributed by atoms with E-state index >= 15 is 0 Å². The number of aromatic nitrogens is 1. The Balaban J connectivity index is 1.61. The molecular formula is C44H60BNO4. The van der Waals surface area contributed by atoms with Crippen LogP contribution in [0.2, 0.25) is 0 Å². The van der Waals surface area contributed by atoms with Crippen molar-refractivity contribution in [1.82, 2.24) is 4.57 Å². The van der Waals surface area contributed by atoms with Gasteiger partial charge >= 0.3 is 7.12 Å². The van der Waals surface area contributed by atoms with E-state index in [4.69, 9.17) is 18.8 Å². The molecule has 0 amide bonds. The minimum absolute atomic E-state index is 0.0155. The van der Waals surface area contributed by atoms with Crippen molar-refractivity contribution in [2.24, 2.45) is 5.41 Å². The average molecular weight is 678 g/mol. The van der Waals surface area contributed by atoms with Crippen LogP contribution in [0.25, 0.3) is 27.5 Å². The summed E-state index contributed by atoms with van der Waals surface area (Å²) in [5, 5.41) is 2.47. The van der Waals surface area contributed by atoms with Gasteiger partial charge < -0.3 is 23.3 Å². The van der Waals surface area contributed by atoms with E-state index in [9.17, 15) is 0 Å². The molecule has 3 aromatic carbocycles. The molecule has 7 rings (SSSR count). The molecule has 6 heteroatoms. The van der Waals surface area contributed by atoms with Gasteiger partial charge in [0.05, 0.1) is 28.4 Å². The molecular weight excluding hydrogens is 617 g/mol. The molecule has 3 atom stereocenters. The van der Waals surface area contributed by atoms with Gasteiger partial charge in [-0.3, -0.25) is 0 Å². The summed E-state index contributed by atoms with van der Waals surface area (Å²) in [4.78, 5) is 0. The van der Waals surface area contributed by atoms with Crippen molar-refractivity contribution in [3.8, 4) is 11.4 Å². The standard InChI is InChI=1S/C44H60BNO4/c1-39(2,3)26-42(10,11)29-22-32-38(48-37-17-15-16-36(47-37)44(14)43(12,13)49-45(32)50-44)35(25-29)46-33-23-27(40(4,5)6)18-20-30(33)31-21-19-28(24-34(31)46)41(7,8)9/h18-25,36-37H,15-17,26H2,1-14H3. The zero-order chi connectivity index (χ0) is 36.4. The first kappa shape index (κ1) is 35.6. The molecule has 2 saturated heterocycles. The van der Waals surface area contributed by atoms with Crippen LogP contribution >= 0.6 is 0 Å². The van der Waals surface area contributed by atoms with Crippen molar-refractivity contribution in [3.63, 3.8) is 0 Å². The van der Waals surface area contributed by atoms with Crippen LogP contribution in [-0.2, 0) is 30.3 Å². The molecule has 0 aliphatic carbocycles. The Bertz CT molecular complexity index is 1900. The number of fused-ring (bicyclic) bond motifs is 10. The van der Waals surface area contributed by atoms with Crippen LogP contribution < -0.4 is 10.2 Å². The first-order valence-corrected chi connectivity index (χ1v) is 18.9. The molecule has 50 heavy (non-hydrogen) atoms. The average Bonchev–Trinajstić information content (AvgIpc) is 3.45. The molecule has 4 aromatic rings. The lowest BCUT2D eigenvalue weighted by molar-refractivity contribution is -0.212. The second kappa shape index (κ2) is 11.4. The second-order valence-corrected chi connectivity index (χ2v) is 20.1. The smallest absolute Gasteiger partial charge is 0.463 e. The number of hydrogen-bond acceptors (Lipinski definition) is 4. The van der Waals surface area contributed by atoms with Crippen LogP contribution in [0.5, 0.6) is 5.75 Å². The van der Waals surface area contributed by atoms with Crippen molar-refractivity contribution in [3.05, 3.63) is 65.2 Å². The van der Waals surface area contributed by atoms with Crippen molar-refractivity contribution in [1.29, 1.82) is 0 Å². The Kier molecular flexibility index (Phi) is 8.08. The third-order valence-corrected chi connectivity index (χ3v) is 11.9. The fraction of sp³-hybridized carbons (Fsp3) is 0.591. The molecule has 2 fully saturated rings. The van der Waals surface area contributed by atoms with Crippen molar-refractivity contribution < 1.29 is 18.8 Å². The summed E-state index contributed by atoms with van der Waals surface area (Å²) in [6.07, 6.45) is 3.27. The molecule has 1 aromatic heterocycles. The van der Waals surface area contributed by atoms with Gasteiger partial charge in [0.15, 0.2) is 6.29 Å². The van der Waals surface area contributed by atoms with E-state index in [2.05, 4.69) is 150 Å². The highest BCUT2D eigenvalue weighted by atomic mass is 16.7. The van der Waals surface area contributed by atoms with Crippen LogP contribution in [0, 0.1) is 5.41 Å². The molecule has 3 unspecified atom stereocenters. The maximum atomic E-state index is 7.17. The maximum absolute atomic E-state index is 7.17. The lowest BCUT2D eigenvalue weighted by atomic mass is 9.69. The number of hydrogen-bond donors (Lipinski definition) is 0. The summed E-state index contributed by atoms with van der Waals surface area (Å²) in [6, 6.07) is 18.8. The lowest BCUT2D eigenvalue weighted by Gasteiger charge is -2.45. The Labute approximate surface area is 301 Å². The fourth-order valence-electron chi connectivity index (χ4n) is 8.91. The molecule has 268 valence electrons. The van der Waals surface area contributed by atoms with Crippen molar-refractivity contribution in [2.45, 2.75) is 162 Å². The zero-order valence-electron chi connectivity index (χ0n) is 33.3. The molecule has 0 N–H and O–H groups in total. The zero-order valence-corrected chi connectivity index (χ0v) is 33.3. The first-order valence-electron chi connectivity index (χ1n) is 18.9. The predicted octanol–water partition coefficient (Wildman–Crippen LogP) is 10.7. The Morgan fingerprint density at radius 3 is 1.84 bits per heavy atom. The number of benzene rings is 3. The second-order valence-electron chi connectivity index (χ2n) is 20.1. The van der Waals surface area contributed by atoms with Gasteiger partial charge in [-0.1, -0.05) is 106 Å². The quantitative estimate of drug-likeness (QED) is 0.202. The Morgan fingerprint density at radius 1 is 0.720 bits per heavy atom. The molecule has 4 heterocycles. The third kappa shape index (κ3) is 5.91. The number of rotatable bonds is 3. The van der Waals surface area contributed by atoms with E-state index in [-0.39, 0.29) is 34.1 Å². The minimum Gasteiger partial charge on any atom is -0.463 e. The van der Waals surface area contributed by atoms with E-state index in [1.165, 1.54) is 38.5 Å². The minimum atomic E-state index is -0.630. The van der Waals surface area contributed by atoms with Crippen LogP contribution in [-0.4, -0.2) is 35.3 Å². The van der Waals surface area contributed by atoms with E-state index in [1.807, 2.05) is 0 Å².